The maximum absolute atomic E-state index is 13.8. The molecule has 12 heteroatoms. The van der Waals surface area contributed by atoms with E-state index < -0.39 is 23.5 Å². The second-order valence-corrected chi connectivity index (χ2v) is 11.5. The van der Waals surface area contributed by atoms with Gasteiger partial charge in [-0.15, -0.1) is 0 Å². The Hall–Kier alpha value is -2.82. The molecule has 212 valence electrons. The zero-order valence-corrected chi connectivity index (χ0v) is 24.2. The zero-order valence-electron chi connectivity index (χ0n) is 22.7. The van der Waals surface area contributed by atoms with Crippen LogP contribution < -0.4 is 10.6 Å². The molecular formula is C27H35Cl2N5O5. The van der Waals surface area contributed by atoms with Gasteiger partial charge in [0.2, 0.25) is 5.78 Å². The first-order valence-corrected chi connectivity index (χ1v) is 13.9. The van der Waals surface area contributed by atoms with E-state index >= 15 is 0 Å². The zero-order chi connectivity index (χ0) is 28.3. The van der Waals surface area contributed by atoms with Gasteiger partial charge in [-0.25, -0.2) is 9.48 Å². The fraction of sp³-hybridized carbons (Fsp3) is 0.556. The van der Waals surface area contributed by atoms with Crippen molar-refractivity contribution in [2.75, 3.05) is 32.1 Å². The molecule has 2 amide bonds. The Morgan fingerprint density at radius 3 is 2.31 bits per heavy atom. The van der Waals surface area contributed by atoms with Gasteiger partial charge in [0, 0.05) is 32.8 Å². The fourth-order valence-electron chi connectivity index (χ4n) is 4.79. The Balaban J connectivity index is 1.59. The first-order valence-electron chi connectivity index (χ1n) is 13.2. The largest absolute Gasteiger partial charge is 0.444 e. The van der Waals surface area contributed by atoms with Crippen molar-refractivity contribution in [1.82, 2.24) is 20.0 Å². The first-order chi connectivity index (χ1) is 18.5. The smallest absolute Gasteiger partial charge is 0.410 e. The SMILES string of the molecule is CNc1c(C(=O)NC2CCN(C(=O)OC(C)(C)C)CC2)nn(C2CCCCO2)c1C(=O)c1c(Cl)cccc1Cl. The van der Waals surface area contributed by atoms with Gasteiger partial charge in [-0.05, 0) is 65.0 Å². The van der Waals surface area contributed by atoms with Crippen molar-refractivity contribution in [3.63, 3.8) is 0 Å². The van der Waals surface area contributed by atoms with E-state index in [9.17, 15) is 14.4 Å². The Morgan fingerprint density at radius 1 is 1.08 bits per heavy atom. The summed E-state index contributed by atoms with van der Waals surface area (Å²) in [6.45, 7) is 6.92. The molecular weight excluding hydrogens is 545 g/mol. The van der Waals surface area contributed by atoms with Crippen molar-refractivity contribution in [3.05, 3.63) is 45.2 Å². The van der Waals surface area contributed by atoms with Crippen LogP contribution in [0, 0.1) is 0 Å². The van der Waals surface area contributed by atoms with Crippen LogP contribution in [0.4, 0.5) is 10.5 Å². The molecule has 2 N–H and O–H groups in total. The normalized spacial score (nSPS) is 18.5. The number of ketones is 1. The maximum Gasteiger partial charge on any atom is 0.410 e. The van der Waals surface area contributed by atoms with Crippen molar-refractivity contribution in [3.8, 4) is 0 Å². The second kappa shape index (κ2) is 12.1. The van der Waals surface area contributed by atoms with Gasteiger partial charge < -0.3 is 25.0 Å². The number of carbonyl (C=O) groups is 3. The van der Waals surface area contributed by atoms with Crippen LogP contribution in [0.2, 0.25) is 10.0 Å². The summed E-state index contributed by atoms with van der Waals surface area (Å²) in [5, 5.41) is 11.0. The minimum atomic E-state index is -0.573. The van der Waals surface area contributed by atoms with Gasteiger partial charge in [0.05, 0.1) is 21.3 Å². The van der Waals surface area contributed by atoms with Gasteiger partial charge >= 0.3 is 6.09 Å². The molecule has 2 saturated heterocycles. The number of hydrogen-bond donors (Lipinski definition) is 2. The van der Waals surface area contributed by atoms with Crippen molar-refractivity contribution in [2.45, 2.75) is 70.7 Å². The van der Waals surface area contributed by atoms with Gasteiger partial charge in [-0.3, -0.25) is 9.59 Å². The molecule has 1 atom stereocenters. The summed E-state index contributed by atoms with van der Waals surface area (Å²) in [6, 6.07) is 4.67. The van der Waals surface area contributed by atoms with Crippen LogP contribution in [0.5, 0.6) is 0 Å². The van der Waals surface area contributed by atoms with Crippen LogP contribution in [0.1, 0.15) is 85.6 Å². The number of amides is 2. The second-order valence-electron chi connectivity index (χ2n) is 10.7. The number of benzene rings is 1. The molecule has 0 aliphatic carbocycles. The molecule has 2 aliphatic rings. The third-order valence-electron chi connectivity index (χ3n) is 6.69. The van der Waals surface area contributed by atoms with Crippen LogP contribution >= 0.6 is 23.2 Å². The summed E-state index contributed by atoms with van der Waals surface area (Å²) >= 11 is 12.7. The molecule has 39 heavy (non-hydrogen) atoms. The van der Waals surface area contributed by atoms with Crippen LogP contribution in [0.3, 0.4) is 0 Å². The highest BCUT2D eigenvalue weighted by Crippen LogP contribution is 2.34. The van der Waals surface area contributed by atoms with E-state index in [0.29, 0.717) is 39.0 Å². The average Bonchev–Trinajstić information content (AvgIpc) is 3.28. The Labute approximate surface area is 238 Å². The lowest BCUT2D eigenvalue weighted by molar-refractivity contribution is -0.0405. The lowest BCUT2D eigenvalue weighted by Gasteiger charge is -2.33. The summed E-state index contributed by atoms with van der Waals surface area (Å²) < 4.78 is 12.9. The summed E-state index contributed by atoms with van der Waals surface area (Å²) in [6.07, 6.45) is 2.71. The van der Waals surface area contributed by atoms with Gasteiger partial charge in [0.15, 0.2) is 11.9 Å². The van der Waals surface area contributed by atoms with E-state index in [-0.39, 0.29) is 44.8 Å². The van der Waals surface area contributed by atoms with Gasteiger partial charge in [-0.1, -0.05) is 29.3 Å². The fourth-order valence-corrected chi connectivity index (χ4v) is 5.36. The number of nitrogens with zero attached hydrogens (tertiary/aromatic N) is 3. The summed E-state index contributed by atoms with van der Waals surface area (Å²) in [5.41, 5.74) is 0.0670. The number of anilines is 1. The van der Waals surface area contributed by atoms with E-state index in [1.165, 1.54) is 4.68 Å². The molecule has 2 fully saturated rings. The Bertz CT molecular complexity index is 1210. The molecule has 2 aliphatic heterocycles. The summed E-state index contributed by atoms with van der Waals surface area (Å²) in [4.78, 5) is 41.4. The van der Waals surface area contributed by atoms with Gasteiger partial charge in [0.25, 0.3) is 5.91 Å². The number of halogens is 2. The molecule has 0 bridgehead atoms. The molecule has 0 radical (unpaired) electrons. The highest BCUT2D eigenvalue weighted by molar-refractivity contribution is 6.41. The van der Waals surface area contributed by atoms with Gasteiger partial charge in [0.1, 0.15) is 11.3 Å². The number of nitrogens with one attached hydrogen (secondary N) is 2. The van der Waals surface area contributed by atoms with Crippen LogP contribution in [0.15, 0.2) is 18.2 Å². The minimum absolute atomic E-state index is 0.0766. The molecule has 10 nitrogen and oxygen atoms in total. The average molecular weight is 581 g/mol. The molecule has 1 aromatic carbocycles. The monoisotopic (exact) mass is 579 g/mol. The molecule has 2 aromatic rings. The van der Waals surface area contributed by atoms with E-state index in [0.717, 1.165) is 12.8 Å². The highest BCUT2D eigenvalue weighted by atomic mass is 35.5. The number of rotatable bonds is 6. The molecule has 0 spiro atoms. The number of aromatic nitrogens is 2. The van der Waals surface area contributed by atoms with E-state index in [2.05, 4.69) is 15.7 Å². The number of piperidine rings is 1. The lowest BCUT2D eigenvalue weighted by Crippen LogP contribution is -2.47. The summed E-state index contributed by atoms with van der Waals surface area (Å²) in [7, 11) is 1.63. The van der Waals surface area contributed by atoms with Crippen molar-refractivity contribution in [1.29, 1.82) is 0 Å². The quantitative estimate of drug-likeness (QED) is 0.446. The standard InChI is InChI=1S/C27H35Cl2N5O5/c1-27(2,3)39-26(37)33-13-11-16(12-14-33)31-25(36)22-21(30-4)23(34(32-22)19-10-5-6-15-38-19)24(35)20-17(28)8-7-9-18(20)29/h7-9,16,19,30H,5-6,10-15H2,1-4H3,(H,31,36). The molecule has 0 saturated carbocycles. The summed E-state index contributed by atoms with van der Waals surface area (Å²) in [5.74, 6) is -0.884. The van der Waals surface area contributed by atoms with Gasteiger partial charge in [-0.2, -0.15) is 5.10 Å². The van der Waals surface area contributed by atoms with Crippen LogP contribution in [-0.2, 0) is 9.47 Å². The molecule has 1 aromatic heterocycles. The molecule has 1 unspecified atom stereocenters. The number of likely N-dealkylation sites (tertiary alicyclic amines) is 1. The highest BCUT2D eigenvalue weighted by Gasteiger charge is 2.34. The van der Waals surface area contributed by atoms with E-state index in [1.807, 2.05) is 20.8 Å². The maximum atomic E-state index is 13.8. The Morgan fingerprint density at radius 2 is 1.74 bits per heavy atom. The van der Waals surface area contributed by atoms with E-state index in [1.54, 1.807) is 30.1 Å². The third kappa shape index (κ3) is 6.67. The van der Waals surface area contributed by atoms with Crippen molar-refractivity contribution >= 4 is 46.7 Å². The first kappa shape index (κ1) is 29.2. The van der Waals surface area contributed by atoms with Crippen molar-refractivity contribution < 1.29 is 23.9 Å². The van der Waals surface area contributed by atoms with Crippen LogP contribution in [-0.4, -0.2) is 70.9 Å². The number of carbonyl (C=O) groups excluding carboxylic acids is 3. The Kier molecular flexibility index (Phi) is 9.08. The minimum Gasteiger partial charge on any atom is -0.444 e. The van der Waals surface area contributed by atoms with Crippen molar-refractivity contribution in [2.24, 2.45) is 0 Å². The van der Waals surface area contributed by atoms with Crippen LogP contribution in [0.25, 0.3) is 0 Å². The lowest BCUT2D eigenvalue weighted by atomic mass is 10.0. The predicted molar refractivity (Wildman–Crippen MR) is 149 cm³/mol. The number of ether oxygens (including phenoxy) is 2. The third-order valence-corrected chi connectivity index (χ3v) is 7.32. The number of hydrogen-bond acceptors (Lipinski definition) is 7. The van der Waals surface area contributed by atoms with E-state index in [4.69, 9.17) is 32.7 Å². The topological polar surface area (TPSA) is 115 Å². The molecule has 4 rings (SSSR count). The molecule has 3 heterocycles. The predicted octanol–water partition coefficient (Wildman–Crippen LogP) is 5.29.